The molecule has 0 saturated carbocycles. The number of carbonyl (C=O) groups is 1. The van der Waals surface area contributed by atoms with Gasteiger partial charge in [-0.1, -0.05) is 23.2 Å². The number of hydrogen-bond donors (Lipinski definition) is 0. The number of halogens is 2. The Morgan fingerprint density at radius 1 is 1.33 bits per heavy atom. The molecule has 1 aliphatic rings. The van der Waals surface area contributed by atoms with Crippen LogP contribution in [-0.4, -0.2) is 36.1 Å². The van der Waals surface area contributed by atoms with Crippen molar-refractivity contribution in [2.45, 2.75) is 19.4 Å². The van der Waals surface area contributed by atoms with Crippen LogP contribution in [0, 0.1) is 0 Å². The summed E-state index contributed by atoms with van der Waals surface area (Å²) < 4.78 is 5.40. The largest absolute Gasteiger partial charge is 0.377 e. The highest BCUT2D eigenvalue weighted by molar-refractivity contribution is 6.42. The zero-order chi connectivity index (χ0) is 13.3. The number of benzene rings is 1. The highest BCUT2D eigenvalue weighted by atomic mass is 35.5. The van der Waals surface area contributed by atoms with Crippen molar-refractivity contribution in [1.29, 1.82) is 0 Å². The minimum Gasteiger partial charge on any atom is -0.377 e. The van der Waals surface area contributed by atoms with Crippen LogP contribution in [0.4, 0.5) is 0 Å². The van der Waals surface area contributed by atoms with Crippen molar-refractivity contribution in [3.8, 4) is 0 Å². The Balaban J connectivity index is 2.27. The lowest BCUT2D eigenvalue weighted by molar-refractivity contribution is -0.0370. The van der Waals surface area contributed by atoms with E-state index < -0.39 is 0 Å². The van der Waals surface area contributed by atoms with Crippen LogP contribution in [0.3, 0.4) is 0 Å². The molecule has 0 spiro atoms. The molecule has 0 aliphatic carbocycles. The van der Waals surface area contributed by atoms with E-state index in [1.807, 2.05) is 18.7 Å². The first-order valence-electron chi connectivity index (χ1n) is 5.76. The minimum atomic E-state index is -0.304. The van der Waals surface area contributed by atoms with Crippen molar-refractivity contribution in [2.75, 3.05) is 19.8 Å². The summed E-state index contributed by atoms with van der Waals surface area (Å²) in [6.45, 7) is 5.67. The Hall–Kier alpha value is -0.770. The minimum absolute atomic E-state index is 0.0399. The topological polar surface area (TPSA) is 29.5 Å². The summed E-state index contributed by atoms with van der Waals surface area (Å²) >= 11 is 11.8. The van der Waals surface area contributed by atoms with Gasteiger partial charge in [-0.15, -0.1) is 0 Å². The van der Waals surface area contributed by atoms with E-state index in [9.17, 15) is 4.79 Å². The first-order chi connectivity index (χ1) is 8.42. The number of rotatable bonds is 1. The van der Waals surface area contributed by atoms with Crippen LogP contribution in [0.2, 0.25) is 10.0 Å². The molecule has 0 bridgehead atoms. The molecule has 1 aromatic carbocycles. The molecule has 98 valence electrons. The summed E-state index contributed by atoms with van der Waals surface area (Å²) in [6, 6.07) is 4.95. The fourth-order valence-electron chi connectivity index (χ4n) is 2.02. The predicted molar refractivity (Wildman–Crippen MR) is 72.4 cm³/mol. The highest BCUT2D eigenvalue weighted by Crippen LogP contribution is 2.26. The third-order valence-electron chi connectivity index (χ3n) is 3.06. The smallest absolute Gasteiger partial charge is 0.254 e. The molecule has 0 atom stereocenters. The van der Waals surface area contributed by atoms with Gasteiger partial charge in [0.15, 0.2) is 0 Å². The second kappa shape index (κ2) is 5.08. The summed E-state index contributed by atoms with van der Waals surface area (Å²) in [5.74, 6) is -0.0399. The van der Waals surface area contributed by atoms with E-state index in [1.165, 1.54) is 0 Å². The molecular formula is C13H15Cl2NO2. The van der Waals surface area contributed by atoms with E-state index in [4.69, 9.17) is 27.9 Å². The number of hydrogen-bond acceptors (Lipinski definition) is 2. The van der Waals surface area contributed by atoms with Crippen LogP contribution in [0.1, 0.15) is 24.2 Å². The third-order valence-corrected chi connectivity index (χ3v) is 3.80. The maximum atomic E-state index is 12.4. The molecule has 2 rings (SSSR count). The number of ether oxygens (including phenoxy) is 1. The molecule has 1 aromatic rings. The number of amides is 1. The number of nitrogens with zero attached hydrogens (tertiary/aromatic N) is 1. The highest BCUT2D eigenvalue weighted by Gasteiger charge is 2.34. The average molecular weight is 288 g/mol. The van der Waals surface area contributed by atoms with Gasteiger partial charge >= 0.3 is 0 Å². The molecular weight excluding hydrogens is 273 g/mol. The molecule has 1 saturated heterocycles. The van der Waals surface area contributed by atoms with Crippen molar-refractivity contribution in [3.63, 3.8) is 0 Å². The maximum Gasteiger partial charge on any atom is 0.254 e. The maximum absolute atomic E-state index is 12.4. The lowest BCUT2D eigenvalue weighted by atomic mass is 10.0. The first-order valence-corrected chi connectivity index (χ1v) is 6.52. The average Bonchev–Trinajstić information content (AvgIpc) is 2.31. The van der Waals surface area contributed by atoms with Crippen LogP contribution in [0.5, 0.6) is 0 Å². The molecule has 18 heavy (non-hydrogen) atoms. The second-order valence-corrected chi connectivity index (χ2v) is 5.77. The van der Waals surface area contributed by atoms with Crippen LogP contribution in [-0.2, 0) is 4.74 Å². The van der Waals surface area contributed by atoms with Gasteiger partial charge in [-0.2, -0.15) is 0 Å². The van der Waals surface area contributed by atoms with Crippen LogP contribution >= 0.6 is 23.2 Å². The van der Waals surface area contributed by atoms with E-state index in [0.29, 0.717) is 35.4 Å². The molecule has 5 heteroatoms. The number of morpholine rings is 1. The van der Waals surface area contributed by atoms with Crippen LogP contribution in [0.15, 0.2) is 18.2 Å². The molecule has 3 nitrogen and oxygen atoms in total. The summed E-state index contributed by atoms with van der Waals surface area (Å²) in [5.41, 5.74) is 0.251. The van der Waals surface area contributed by atoms with Crippen molar-refractivity contribution >= 4 is 29.1 Å². The zero-order valence-corrected chi connectivity index (χ0v) is 11.9. The van der Waals surface area contributed by atoms with Crippen molar-refractivity contribution in [2.24, 2.45) is 0 Å². The fraction of sp³-hybridized carbons (Fsp3) is 0.462. The standard InChI is InChI=1S/C13H15Cl2NO2/c1-13(2)8-18-6-5-16(13)12(17)9-3-4-10(14)11(15)7-9/h3-4,7H,5-6,8H2,1-2H3. The van der Waals surface area contributed by atoms with Crippen molar-refractivity contribution in [1.82, 2.24) is 4.90 Å². The van der Waals surface area contributed by atoms with Gasteiger partial charge in [0.25, 0.3) is 5.91 Å². The normalized spacial score (nSPS) is 18.8. The molecule has 1 heterocycles. The van der Waals surface area contributed by atoms with Gasteiger partial charge in [0.1, 0.15) is 0 Å². The molecule has 1 amide bonds. The Morgan fingerprint density at radius 2 is 2.06 bits per heavy atom. The van der Waals surface area contributed by atoms with Gasteiger partial charge in [0, 0.05) is 12.1 Å². The lowest BCUT2D eigenvalue weighted by Gasteiger charge is -2.42. The fourth-order valence-corrected chi connectivity index (χ4v) is 2.32. The van der Waals surface area contributed by atoms with Gasteiger partial charge in [0.2, 0.25) is 0 Å². The lowest BCUT2D eigenvalue weighted by Crippen LogP contribution is -2.55. The van der Waals surface area contributed by atoms with Crippen LogP contribution < -0.4 is 0 Å². The molecule has 0 radical (unpaired) electrons. The van der Waals surface area contributed by atoms with E-state index in [0.717, 1.165) is 0 Å². The first kappa shape index (κ1) is 13.7. The molecule has 0 aromatic heterocycles. The molecule has 1 aliphatic heterocycles. The SMILES string of the molecule is CC1(C)COCCN1C(=O)c1ccc(Cl)c(Cl)c1. The summed E-state index contributed by atoms with van der Waals surface area (Å²) in [5, 5.41) is 0.850. The van der Waals surface area contributed by atoms with Crippen molar-refractivity contribution < 1.29 is 9.53 Å². The Bertz CT molecular complexity index is 474. The van der Waals surface area contributed by atoms with Gasteiger partial charge in [-0.05, 0) is 32.0 Å². The predicted octanol–water partition coefficient (Wildman–Crippen LogP) is 3.24. The van der Waals surface area contributed by atoms with Crippen LogP contribution in [0.25, 0.3) is 0 Å². The zero-order valence-electron chi connectivity index (χ0n) is 10.4. The third kappa shape index (κ3) is 2.63. The summed E-state index contributed by atoms with van der Waals surface area (Å²) in [7, 11) is 0. The van der Waals surface area contributed by atoms with E-state index in [-0.39, 0.29) is 11.4 Å². The molecule has 0 unspecified atom stereocenters. The van der Waals surface area contributed by atoms with Gasteiger partial charge in [-0.25, -0.2) is 0 Å². The summed E-state index contributed by atoms with van der Waals surface area (Å²) in [6.07, 6.45) is 0. The Labute approximate surface area is 117 Å². The molecule has 0 N–H and O–H groups in total. The van der Waals surface area contributed by atoms with Gasteiger partial charge < -0.3 is 9.64 Å². The van der Waals surface area contributed by atoms with Gasteiger partial charge in [0.05, 0.1) is 28.8 Å². The summed E-state index contributed by atoms with van der Waals surface area (Å²) in [4.78, 5) is 14.3. The van der Waals surface area contributed by atoms with E-state index >= 15 is 0 Å². The second-order valence-electron chi connectivity index (χ2n) is 4.95. The Kier molecular flexibility index (Phi) is 3.85. The quantitative estimate of drug-likeness (QED) is 0.794. The monoisotopic (exact) mass is 287 g/mol. The van der Waals surface area contributed by atoms with Gasteiger partial charge in [-0.3, -0.25) is 4.79 Å². The van der Waals surface area contributed by atoms with Crippen molar-refractivity contribution in [3.05, 3.63) is 33.8 Å². The van der Waals surface area contributed by atoms with E-state index in [2.05, 4.69) is 0 Å². The number of carbonyl (C=O) groups excluding carboxylic acids is 1. The Morgan fingerprint density at radius 3 is 2.67 bits per heavy atom. The molecule has 1 fully saturated rings. The van der Waals surface area contributed by atoms with E-state index in [1.54, 1.807) is 18.2 Å².